The molecule has 0 unspecified atom stereocenters. The van der Waals surface area contributed by atoms with Crippen LogP contribution in [-0.4, -0.2) is 14.3 Å². The van der Waals surface area contributed by atoms with Crippen molar-refractivity contribution in [3.63, 3.8) is 0 Å². The lowest BCUT2D eigenvalue weighted by Crippen LogP contribution is -2.15. The molecule has 0 spiro atoms. The first-order valence-electron chi connectivity index (χ1n) is 8.28. The maximum Gasteiger partial charge on any atom is 0.259 e. The van der Waals surface area contributed by atoms with Gasteiger partial charge in [-0.3, -0.25) is 4.79 Å². The van der Waals surface area contributed by atoms with Crippen LogP contribution in [0.3, 0.4) is 0 Å². The van der Waals surface area contributed by atoms with E-state index in [-0.39, 0.29) is 38.2 Å². The fourth-order valence-electron chi connectivity index (χ4n) is 2.49. The second-order valence-corrected chi connectivity index (χ2v) is 8.00. The van der Waals surface area contributed by atoms with E-state index in [2.05, 4.69) is 5.32 Å². The Kier molecular flexibility index (Phi) is 6.03. The number of carbonyl (C=O) groups is 1. The summed E-state index contributed by atoms with van der Waals surface area (Å²) >= 11 is 5.98. The maximum absolute atomic E-state index is 13.3. The summed E-state index contributed by atoms with van der Waals surface area (Å²) in [4.78, 5) is 12.6. The van der Waals surface area contributed by atoms with Crippen LogP contribution in [0.25, 0.3) is 0 Å². The molecule has 3 aromatic rings. The number of hydrogen-bond acceptors (Lipinski definition) is 5. The van der Waals surface area contributed by atoms with Crippen molar-refractivity contribution in [3.8, 4) is 17.6 Å². The molecule has 10 heteroatoms. The molecule has 0 aromatic heterocycles. The molecule has 0 atom stereocenters. The number of primary sulfonamides is 1. The Morgan fingerprint density at radius 1 is 1.10 bits per heavy atom. The Balaban J connectivity index is 1.95. The molecule has 0 aliphatic heterocycles. The zero-order valence-electron chi connectivity index (χ0n) is 15.1. The van der Waals surface area contributed by atoms with E-state index in [1.165, 1.54) is 48.5 Å². The fourth-order valence-corrected chi connectivity index (χ4v) is 3.25. The topological polar surface area (TPSA) is 122 Å². The van der Waals surface area contributed by atoms with Gasteiger partial charge in [0.25, 0.3) is 5.91 Å². The van der Waals surface area contributed by atoms with Crippen LogP contribution in [0, 0.1) is 17.1 Å². The monoisotopic (exact) mass is 445 g/mol. The third-order valence-electron chi connectivity index (χ3n) is 3.89. The smallest absolute Gasteiger partial charge is 0.259 e. The van der Waals surface area contributed by atoms with E-state index >= 15 is 0 Å². The summed E-state index contributed by atoms with van der Waals surface area (Å²) in [7, 11) is -3.95. The zero-order chi connectivity index (χ0) is 21.9. The Morgan fingerprint density at radius 3 is 2.53 bits per heavy atom. The summed E-state index contributed by atoms with van der Waals surface area (Å²) < 4.78 is 41.9. The number of anilines is 1. The molecule has 3 aromatic carbocycles. The van der Waals surface area contributed by atoms with Gasteiger partial charge in [-0.2, -0.15) is 5.26 Å². The quantitative estimate of drug-likeness (QED) is 0.613. The van der Waals surface area contributed by atoms with Gasteiger partial charge in [0.05, 0.1) is 27.1 Å². The van der Waals surface area contributed by atoms with Crippen LogP contribution in [0.1, 0.15) is 15.9 Å². The molecule has 0 heterocycles. The van der Waals surface area contributed by atoms with Gasteiger partial charge < -0.3 is 10.1 Å². The van der Waals surface area contributed by atoms with Gasteiger partial charge in [-0.05, 0) is 54.6 Å². The average Bonchev–Trinajstić information content (AvgIpc) is 2.69. The number of halogens is 2. The number of hydrogen-bond donors (Lipinski definition) is 2. The van der Waals surface area contributed by atoms with Crippen LogP contribution in [0.15, 0.2) is 65.6 Å². The van der Waals surface area contributed by atoms with E-state index in [9.17, 15) is 17.6 Å². The van der Waals surface area contributed by atoms with Crippen LogP contribution in [-0.2, 0) is 10.0 Å². The van der Waals surface area contributed by atoms with Gasteiger partial charge in [0.1, 0.15) is 17.3 Å². The Hall–Kier alpha value is -3.45. The molecule has 7 nitrogen and oxygen atoms in total. The second-order valence-electron chi connectivity index (χ2n) is 6.03. The second kappa shape index (κ2) is 8.51. The number of rotatable bonds is 5. The van der Waals surface area contributed by atoms with E-state index < -0.39 is 21.7 Å². The Morgan fingerprint density at radius 2 is 1.87 bits per heavy atom. The maximum atomic E-state index is 13.3. The van der Waals surface area contributed by atoms with Gasteiger partial charge in [-0.1, -0.05) is 17.7 Å². The highest BCUT2D eigenvalue weighted by Crippen LogP contribution is 2.33. The molecule has 30 heavy (non-hydrogen) atoms. The highest BCUT2D eigenvalue weighted by molar-refractivity contribution is 7.89. The van der Waals surface area contributed by atoms with Crippen LogP contribution in [0.4, 0.5) is 10.1 Å². The normalized spacial score (nSPS) is 10.9. The molecule has 0 aliphatic carbocycles. The molecule has 0 bridgehead atoms. The molecule has 152 valence electrons. The molecule has 3 N–H and O–H groups in total. The number of benzene rings is 3. The van der Waals surface area contributed by atoms with Crippen molar-refractivity contribution in [1.82, 2.24) is 0 Å². The van der Waals surface area contributed by atoms with Crippen molar-refractivity contribution >= 4 is 33.2 Å². The molecule has 3 rings (SSSR count). The van der Waals surface area contributed by atoms with Crippen LogP contribution < -0.4 is 15.2 Å². The Labute approximate surface area is 176 Å². The van der Waals surface area contributed by atoms with E-state index in [0.29, 0.717) is 0 Å². The Bertz CT molecular complexity index is 1290. The molecule has 0 aliphatic rings. The lowest BCUT2D eigenvalue weighted by Gasteiger charge is -2.13. The van der Waals surface area contributed by atoms with Crippen molar-refractivity contribution in [2.45, 2.75) is 4.90 Å². The largest absolute Gasteiger partial charge is 0.455 e. The highest BCUT2D eigenvalue weighted by atomic mass is 35.5. The van der Waals surface area contributed by atoms with Crippen LogP contribution in [0.2, 0.25) is 5.02 Å². The zero-order valence-corrected chi connectivity index (χ0v) is 16.7. The molecular weight excluding hydrogens is 433 g/mol. The lowest BCUT2D eigenvalue weighted by molar-refractivity contribution is 0.102. The predicted molar refractivity (Wildman–Crippen MR) is 108 cm³/mol. The first kappa shape index (κ1) is 21.3. The lowest BCUT2D eigenvalue weighted by atomic mass is 10.1. The third-order valence-corrected chi connectivity index (χ3v) is 5.10. The molecule has 0 saturated heterocycles. The average molecular weight is 446 g/mol. The summed E-state index contributed by atoms with van der Waals surface area (Å²) in [6, 6.07) is 14.9. The van der Waals surface area contributed by atoms with Gasteiger partial charge in [-0.15, -0.1) is 0 Å². The summed E-state index contributed by atoms with van der Waals surface area (Å²) in [6.45, 7) is 0. The first-order valence-corrected chi connectivity index (χ1v) is 10.2. The molecular formula is C20H13ClFN3O4S. The summed E-state index contributed by atoms with van der Waals surface area (Å²) in [5.41, 5.74) is 0.438. The van der Waals surface area contributed by atoms with Crippen molar-refractivity contribution in [2.75, 3.05) is 5.32 Å². The minimum Gasteiger partial charge on any atom is -0.455 e. The van der Waals surface area contributed by atoms with E-state index in [1.807, 2.05) is 6.07 Å². The van der Waals surface area contributed by atoms with Crippen LogP contribution in [0.5, 0.6) is 11.5 Å². The van der Waals surface area contributed by atoms with Crippen molar-refractivity contribution < 1.29 is 22.3 Å². The summed E-state index contributed by atoms with van der Waals surface area (Å²) in [5, 5.41) is 16.8. The number of ether oxygens (including phenoxy) is 1. The fraction of sp³-hybridized carbons (Fsp3) is 0. The minimum atomic E-state index is -3.95. The number of nitrogens with two attached hydrogens (primary N) is 1. The molecule has 0 radical (unpaired) electrons. The molecule has 0 saturated carbocycles. The molecule has 0 fully saturated rings. The van der Waals surface area contributed by atoms with Crippen LogP contribution >= 0.6 is 11.6 Å². The van der Waals surface area contributed by atoms with E-state index in [0.717, 1.165) is 12.1 Å². The van der Waals surface area contributed by atoms with Gasteiger partial charge in [0.2, 0.25) is 10.0 Å². The number of nitriles is 1. The summed E-state index contributed by atoms with van der Waals surface area (Å²) in [6.07, 6.45) is 0. The first-order chi connectivity index (χ1) is 14.2. The van der Waals surface area contributed by atoms with Gasteiger partial charge in [-0.25, -0.2) is 17.9 Å². The number of carbonyl (C=O) groups excluding carboxylic acids is 1. The SMILES string of the molecule is N#Cc1ccc(C(=O)Nc2cccc(S(N)(=O)=O)c2)c(Oc2ccc(F)cc2Cl)c1. The van der Waals surface area contributed by atoms with Gasteiger partial charge >= 0.3 is 0 Å². The number of nitrogens with one attached hydrogen (secondary N) is 1. The standard InChI is InChI=1S/C20H13ClFN3O4S/c21-17-9-13(22)5-7-18(17)29-19-8-12(11-23)4-6-16(19)20(26)25-14-2-1-3-15(10-14)30(24,27)28/h1-10H,(H,25,26)(H2,24,27,28). The summed E-state index contributed by atoms with van der Waals surface area (Å²) in [5.74, 6) is -1.12. The van der Waals surface area contributed by atoms with Crippen molar-refractivity contribution in [2.24, 2.45) is 5.14 Å². The van der Waals surface area contributed by atoms with E-state index in [1.54, 1.807) is 0 Å². The van der Waals surface area contributed by atoms with E-state index in [4.69, 9.17) is 26.7 Å². The predicted octanol–water partition coefficient (Wildman–Crippen LogP) is 4.04. The van der Waals surface area contributed by atoms with Gasteiger partial charge in [0.15, 0.2) is 0 Å². The number of sulfonamides is 1. The number of amides is 1. The number of nitrogens with zero attached hydrogens (tertiary/aromatic N) is 1. The van der Waals surface area contributed by atoms with Crippen molar-refractivity contribution in [1.29, 1.82) is 5.26 Å². The third kappa shape index (κ3) is 4.93. The molecule has 1 amide bonds. The van der Waals surface area contributed by atoms with Gasteiger partial charge in [0, 0.05) is 5.69 Å². The van der Waals surface area contributed by atoms with Crippen molar-refractivity contribution in [3.05, 3.63) is 82.6 Å². The minimum absolute atomic E-state index is 0.00246. The highest BCUT2D eigenvalue weighted by Gasteiger charge is 2.17.